The van der Waals surface area contributed by atoms with Gasteiger partial charge in [0.25, 0.3) is 5.91 Å². The lowest BCUT2D eigenvalue weighted by Gasteiger charge is -2.25. The minimum atomic E-state index is -0.432. The summed E-state index contributed by atoms with van der Waals surface area (Å²) < 4.78 is 16.0. The number of rotatable bonds is 4. The van der Waals surface area contributed by atoms with Crippen LogP contribution in [0, 0.1) is 0 Å². The molecule has 9 nitrogen and oxygen atoms in total. The third-order valence-electron chi connectivity index (χ3n) is 4.44. The molecule has 136 valence electrons. The van der Waals surface area contributed by atoms with Gasteiger partial charge in [-0.25, -0.2) is 0 Å². The number of fused-ring (bicyclic) bond motifs is 1. The maximum atomic E-state index is 12.1. The highest BCUT2D eigenvalue weighted by molar-refractivity contribution is 5.97. The molecular formula is C17H18N4O5. The van der Waals surface area contributed by atoms with Gasteiger partial charge in [0.2, 0.25) is 5.82 Å². The molecule has 9 heteroatoms. The predicted molar refractivity (Wildman–Crippen MR) is 89.9 cm³/mol. The molecule has 1 fully saturated rings. The molecule has 26 heavy (non-hydrogen) atoms. The molecule has 2 aliphatic heterocycles. The van der Waals surface area contributed by atoms with Crippen LogP contribution in [0.1, 0.15) is 23.5 Å². The van der Waals surface area contributed by atoms with Gasteiger partial charge in [-0.15, -0.1) is 0 Å². The van der Waals surface area contributed by atoms with Gasteiger partial charge < -0.3 is 24.2 Å². The van der Waals surface area contributed by atoms with Gasteiger partial charge in [-0.3, -0.25) is 9.59 Å². The van der Waals surface area contributed by atoms with Crippen molar-refractivity contribution < 1.29 is 23.6 Å². The number of carbonyl (C=O) groups excluding carboxylic acids is 2. The Balaban J connectivity index is 1.47. The van der Waals surface area contributed by atoms with Gasteiger partial charge in [0.1, 0.15) is 5.75 Å². The smallest absolute Gasteiger partial charge is 0.316 e. The first kappa shape index (κ1) is 16.5. The third-order valence-corrected chi connectivity index (χ3v) is 4.44. The van der Waals surface area contributed by atoms with Gasteiger partial charge in [-0.1, -0.05) is 5.16 Å². The topological polar surface area (TPSA) is 107 Å². The van der Waals surface area contributed by atoms with Gasteiger partial charge in [0.05, 0.1) is 11.8 Å². The molecule has 4 rings (SSSR count). The third kappa shape index (κ3) is 3.13. The predicted octanol–water partition coefficient (Wildman–Crippen LogP) is 1.00. The van der Waals surface area contributed by atoms with Gasteiger partial charge in [0.15, 0.2) is 6.61 Å². The Morgan fingerprint density at radius 3 is 3.12 bits per heavy atom. The average molecular weight is 358 g/mol. The summed E-state index contributed by atoms with van der Waals surface area (Å²) in [7, 11) is 1.69. The number of hydrogen-bond acceptors (Lipinski definition) is 7. The molecule has 1 atom stereocenters. The van der Waals surface area contributed by atoms with Crippen molar-refractivity contribution in [1.29, 1.82) is 0 Å². The Bertz CT molecular complexity index is 843. The van der Waals surface area contributed by atoms with E-state index in [0.29, 0.717) is 23.5 Å². The highest BCUT2D eigenvalue weighted by atomic mass is 16.5. The maximum absolute atomic E-state index is 12.1. The fourth-order valence-corrected chi connectivity index (χ4v) is 2.94. The van der Waals surface area contributed by atoms with E-state index in [9.17, 15) is 9.59 Å². The fourth-order valence-electron chi connectivity index (χ4n) is 2.94. The number of aromatic nitrogens is 2. The summed E-state index contributed by atoms with van der Waals surface area (Å²) in [6, 6.07) is 5.21. The van der Waals surface area contributed by atoms with Crippen molar-refractivity contribution in [2.24, 2.45) is 0 Å². The Kier molecular flexibility index (Phi) is 4.29. The molecule has 1 saturated heterocycles. The summed E-state index contributed by atoms with van der Waals surface area (Å²) in [6.07, 6.45) is 1.98. The first-order valence-corrected chi connectivity index (χ1v) is 8.39. The minimum absolute atomic E-state index is 0.0178. The summed E-state index contributed by atoms with van der Waals surface area (Å²) in [5.74, 6) is 0.176. The monoisotopic (exact) mass is 358 g/mol. The van der Waals surface area contributed by atoms with Crippen LogP contribution in [0.5, 0.6) is 5.75 Å². The molecule has 2 aromatic rings. The highest BCUT2D eigenvalue weighted by Gasteiger charge is 2.24. The van der Waals surface area contributed by atoms with Crippen LogP contribution >= 0.6 is 0 Å². The van der Waals surface area contributed by atoms with Crippen LogP contribution in [0.4, 0.5) is 5.69 Å². The van der Waals surface area contributed by atoms with E-state index in [1.54, 1.807) is 25.2 Å². The van der Waals surface area contributed by atoms with E-state index in [1.807, 2.05) is 0 Å². The van der Waals surface area contributed by atoms with E-state index in [1.165, 1.54) is 4.90 Å². The van der Waals surface area contributed by atoms with Crippen molar-refractivity contribution in [3.8, 4) is 17.1 Å². The second-order valence-electron chi connectivity index (χ2n) is 6.19. The zero-order valence-corrected chi connectivity index (χ0v) is 14.2. The Labute approximate surface area is 149 Å². The quantitative estimate of drug-likeness (QED) is 0.869. The molecule has 1 aromatic carbocycles. The second-order valence-corrected chi connectivity index (χ2v) is 6.19. The summed E-state index contributed by atoms with van der Waals surface area (Å²) in [4.78, 5) is 29.5. The Morgan fingerprint density at radius 2 is 2.31 bits per heavy atom. The molecule has 2 amide bonds. The van der Waals surface area contributed by atoms with E-state index in [-0.39, 0.29) is 30.3 Å². The van der Waals surface area contributed by atoms with Crippen LogP contribution in [0.15, 0.2) is 22.7 Å². The number of amides is 2. The zero-order chi connectivity index (χ0) is 18.1. The maximum Gasteiger partial charge on any atom is 0.316 e. The standard InChI is InChI=1S/C17H18N4O5/c1-21-12-5-4-10(7-13(12)25-9-14(21)22)15-19-17(26-20-15)16(23)18-8-11-3-2-6-24-11/h4-5,7,11H,2-3,6,8-9H2,1H3,(H,18,23)/t11-/m1/s1. The van der Waals surface area contributed by atoms with Crippen molar-refractivity contribution in [1.82, 2.24) is 15.5 Å². The van der Waals surface area contributed by atoms with E-state index in [2.05, 4.69) is 15.5 Å². The lowest BCUT2D eigenvalue weighted by molar-refractivity contribution is -0.120. The molecule has 0 unspecified atom stereocenters. The van der Waals surface area contributed by atoms with Crippen molar-refractivity contribution >= 4 is 17.5 Å². The number of carbonyl (C=O) groups is 2. The molecule has 1 N–H and O–H groups in total. The molecule has 3 heterocycles. The molecule has 1 aromatic heterocycles. The Hall–Kier alpha value is -2.94. The fraction of sp³-hybridized carbons (Fsp3) is 0.412. The van der Waals surface area contributed by atoms with Crippen LogP contribution < -0.4 is 15.0 Å². The van der Waals surface area contributed by atoms with Crippen LogP contribution in [0.3, 0.4) is 0 Å². The SMILES string of the molecule is CN1C(=O)COc2cc(-c3noc(C(=O)NC[C@H]4CCCO4)n3)ccc21. The summed E-state index contributed by atoms with van der Waals surface area (Å²) in [6.45, 7) is 1.13. The van der Waals surface area contributed by atoms with Crippen LogP contribution in [0.25, 0.3) is 11.4 Å². The first-order valence-electron chi connectivity index (χ1n) is 8.39. The van der Waals surface area contributed by atoms with E-state index in [4.69, 9.17) is 14.0 Å². The Morgan fingerprint density at radius 1 is 1.42 bits per heavy atom. The van der Waals surface area contributed by atoms with E-state index in [0.717, 1.165) is 19.4 Å². The average Bonchev–Trinajstić information content (AvgIpc) is 3.34. The molecule has 2 aliphatic rings. The van der Waals surface area contributed by atoms with Crippen LogP contribution in [-0.2, 0) is 9.53 Å². The molecule has 0 bridgehead atoms. The number of hydrogen-bond donors (Lipinski definition) is 1. The number of likely N-dealkylation sites (N-methyl/N-ethyl adjacent to an activating group) is 1. The van der Waals surface area contributed by atoms with Gasteiger partial charge >= 0.3 is 11.8 Å². The number of nitrogens with one attached hydrogen (secondary N) is 1. The lowest BCUT2D eigenvalue weighted by atomic mass is 10.1. The van der Waals surface area contributed by atoms with Crippen LogP contribution in [-0.4, -0.2) is 54.9 Å². The minimum Gasteiger partial charge on any atom is -0.482 e. The summed E-state index contributed by atoms with van der Waals surface area (Å²) in [5.41, 5.74) is 1.30. The summed E-state index contributed by atoms with van der Waals surface area (Å²) in [5, 5.41) is 6.59. The highest BCUT2D eigenvalue weighted by Crippen LogP contribution is 2.34. The van der Waals surface area contributed by atoms with Crippen LogP contribution in [0.2, 0.25) is 0 Å². The van der Waals surface area contributed by atoms with E-state index < -0.39 is 5.91 Å². The first-order chi connectivity index (χ1) is 12.6. The van der Waals surface area contributed by atoms with E-state index >= 15 is 0 Å². The van der Waals surface area contributed by atoms with Crippen molar-refractivity contribution in [3.63, 3.8) is 0 Å². The second kappa shape index (κ2) is 6.75. The lowest BCUT2D eigenvalue weighted by Crippen LogP contribution is -2.35. The largest absolute Gasteiger partial charge is 0.482 e. The van der Waals surface area contributed by atoms with Crippen molar-refractivity contribution in [3.05, 3.63) is 24.1 Å². The van der Waals surface area contributed by atoms with Crippen molar-refractivity contribution in [2.45, 2.75) is 18.9 Å². The number of anilines is 1. The van der Waals surface area contributed by atoms with Gasteiger partial charge in [-0.05, 0) is 31.0 Å². The van der Waals surface area contributed by atoms with Gasteiger partial charge in [-0.2, -0.15) is 4.98 Å². The molecule has 0 spiro atoms. The molecule has 0 aliphatic carbocycles. The zero-order valence-electron chi connectivity index (χ0n) is 14.2. The number of benzene rings is 1. The normalized spacial score (nSPS) is 19.2. The molecule has 0 radical (unpaired) electrons. The molecule has 0 saturated carbocycles. The summed E-state index contributed by atoms with van der Waals surface area (Å²) >= 11 is 0. The van der Waals surface area contributed by atoms with Crippen molar-refractivity contribution in [2.75, 3.05) is 31.7 Å². The number of nitrogens with zero attached hydrogens (tertiary/aromatic N) is 3. The van der Waals surface area contributed by atoms with Gasteiger partial charge in [0, 0.05) is 25.8 Å². The molecular weight excluding hydrogens is 340 g/mol. The number of ether oxygens (including phenoxy) is 2.